The molecule has 22 heavy (non-hydrogen) atoms. The molecule has 0 saturated carbocycles. The first-order valence-corrected chi connectivity index (χ1v) is 8.00. The van der Waals surface area contributed by atoms with E-state index in [-0.39, 0.29) is 17.2 Å². The van der Waals surface area contributed by atoms with Gasteiger partial charge in [0.2, 0.25) is 10.0 Å². The van der Waals surface area contributed by atoms with Crippen molar-refractivity contribution in [2.24, 2.45) is 0 Å². The summed E-state index contributed by atoms with van der Waals surface area (Å²) in [6.45, 7) is 3.22. The molecule has 0 saturated heterocycles. The molecule has 0 aliphatic heterocycles. The van der Waals surface area contributed by atoms with Crippen LogP contribution in [-0.4, -0.2) is 27.8 Å². The fraction of sp³-hybridized carbons (Fsp3) is 0.357. The molecule has 0 bridgehead atoms. The first-order valence-electron chi connectivity index (χ1n) is 6.52. The number of sulfonamides is 1. The molecule has 1 N–H and O–H groups in total. The Morgan fingerprint density at radius 1 is 1.23 bits per heavy atom. The lowest BCUT2D eigenvalue weighted by Gasteiger charge is -2.11. The van der Waals surface area contributed by atoms with E-state index >= 15 is 0 Å². The van der Waals surface area contributed by atoms with Crippen LogP contribution < -0.4 is 14.2 Å². The highest BCUT2D eigenvalue weighted by Gasteiger charge is 2.24. The lowest BCUT2D eigenvalue weighted by molar-refractivity contribution is 0.390. The molecule has 0 fully saturated rings. The van der Waals surface area contributed by atoms with Crippen molar-refractivity contribution in [1.82, 2.24) is 9.88 Å². The molecule has 0 unspecified atom stereocenters. The minimum atomic E-state index is -3.71. The van der Waals surface area contributed by atoms with E-state index in [2.05, 4.69) is 9.88 Å². The van der Waals surface area contributed by atoms with Crippen molar-refractivity contribution in [3.8, 4) is 11.5 Å². The molecule has 8 heteroatoms. The molecule has 0 radical (unpaired) electrons. The minimum Gasteiger partial charge on any atom is -0.497 e. The summed E-state index contributed by atoms with van der Waals surface area (Å²) in [7, 11) is -0.645. The second-order valence-corrected chi connectivity index (χ2v) is 6.36. The van der Waals surface area contributed by atoms with Gasteiger partial charge >= 0.3 is 0 Å². The van der Waals surface area contributed by atoms with Crippen molar-refractivity contribution in [3.05, 3.63) is 35.2 Å². The third-order valence-electron chi connectivity index (χ3n) is 3.18. The highest BCUT2D eigenvalue weighted by molar-refractivity contribution is 7.89. The van der Waals surface area contributed by atoms with Crippen LogP contribution >= 0.6 is 0 Å². The Morgan fingerprint density at radius 2 is 1.95 bits per heavy atom. The van der Waals surface area contributed by atoms with Crippen LogP contribution in [0.4, 0.5) is 0 Å². The van der Waals surface area contributed by atoms with Crippen LogP contribution in [0.15, 0.2) is 27.6 Å². The van der Waals surface area contributed by atoms with Gasteiger partial charge in [0, 0.05) is 18.2 Å². The summed E-state index contributed by atoms with van der Waals surface area (Å²) in [6.07, 6.45) is 0. The number of nitrogens with zero attached hydrogens (tertiary/aromatic N) is 1. The number of aryl methyl sites for hydroxylation is 2. The van der Waals surface area contributed by atoms with E-state index in [9.17, 15) is 8.42 Å². The van der Waals surface area contributed by atoms with Crippen LogP contribution in [0.2, 0.25) is 0 Å². The summed E-state index contributed by atoms with van der Waals surface area (Å²) in [4.78, 5) is 0.0694. The van der Waals surface area contributed by atoms with Gasteiger partial charge in [0.1, 0.15) is 22.1 Å². The average molecular weight is 326 g/mol. The normalized spacial score (nSPS) is 11.5. The van der Waals surface area contributed by atoms with Crippen molar-refractivity contribution in [3.63, 3.8) is 0 Å². The number of hydrogen-bond donors (Lipinski definition) is 1. The highest BCUT2D eigenvalue weighted by atomic mass is 32.2. The molecule has 2 aromatic rings. The lowest BCUT2D eigenvalue weighted by Crippen LogP contribution is -2.24. The second-order valence-electron chi connectivity index (χ2n) is 4.66. The van der Waals surface area contributed by atoms with E-state index in [4.69, 9.17) is 14.0 Å². The Balaban J connectivity index is 2.23. The molecule has 120 valence electrons. The quantitative estimate of drug-likeness (QED) is 0.870. The highest BCUT2D eigenvalue weighted by Crippen LogP contribution is 2.25. The summed E-state index contributed by atoms with van der Waals surface area (Å²) < 4.78 is 42.5. The Bertz CT molecular complexity index is 748. The van der Waals surface area contributed by atoms with Crippen LogP contribution in [-0.2, 0) is 16.6 Å². The van der Waals surface area contributed by atoms with Gasteiger partial charge in [-0.3, -0.25) is 0 Å². The van der Waals surface area contributed by atoms with Crippen LogP contribution in [0.5, 0.6) is 11.5 Å². The van der Waals surface area contributed by atoms with Crippen LogP contribution in [0, 0.1) is 13.8 Å². The van der Waals surface area contributed by atoms with Gasteiger partial charge in [0.25, 0.3) is 0 Å². The topological polar surface area (TPSA) is 90.7 Å². The molecular weight excluding hydrogens is 308 g/mol. The van der Waals surface area contributed by atoms with Crippen molar-refractivity contribution >= 4 is 10.0 Å². The second kappa shape index (κ2) is 6.37. The molecule has 1 aromatic heterocycles. The van der Waals surface area contributed by atoms with Gasteiger partial charge in [-0.2, -0.15) is 0 Å². The molecule has 0 aliphatic carbocycles. The number of hydrogen-bond acceptors (Lipinski definition) is 6. The number of rotatable bonds is 6. The smallest absolute Gasteiger partial charge is 0.246 e. The third kappa shape index (κ3) is 3.23. The number of methoxy groups -OCH3 is 2. The Kier molecular flexibility index (Phi) is 4.72. The van der Waals surface area contributed by atoms with Gasteiger partial charge < -0.3 is 14.0 Å². The fourth-order valence-corrected chi connectivity index (χ4v) is 3.43. The lowest BCUT2D eigenvalue weighted by atomic mass is 10.2. The molecule has 7 nitrogen and oxygen atoms in total. The summed E-state index contributed by atoms with van der Waals surface area (Å²) in [5.74, 6) is 1.43. The van der Waals surface area contributed by atoms with Gasteiger partial charge in [-0.15, -0.1) is 0 Å². The minimum absolute atomic E-state index is 0.0694. The first-order chi connectivity index (χ1) is 10.4. The summed E-state index contributed by atoms with van der Waals surface area (Å²) in [5, 5.41) is 3.66. The van der Waals surface area contributed by atoms with Gasteiger partial charge in [0.05, 0.1) is 14.2 Å². The fourth-order valence-electron chi connectivity index (χ4n) is 2.10. The number of nitrogens with one attached hydrogen (secondary N) is 1. The molecular formula is C14H18N2O5S. The number of ether oxygens (including phenoxy) is 2. The maximum Gasteiger partial charge on any atom is 0.246 e. The van der Waals surface area contributed by atoms with E-state index in [0.29, 0.717) is 22.8 Å². The van der Waals surface area contributed by atoms with Gasteiger partial charge in [-0.05, 0) is 19.9 Å². The molecule has 0 spiro atoms. The van der Waals surface area contributed by atoms with Gasteiger partial charge in [0.15, 0.2) is 5.76 Å². The Morgan fingerprint density at radius 3 is 2.50 bits per heavy atom. The molecule has 0 amide bonds. The van der Waals surface area contributed by atoms with Crippen LogP contribution in [0.1, 0.15) is 17.0 Å². The van der Waals surface area contributed by atoms with Crippen molar-refractivity contribution in [1.29, 1.82) is 0 Å². The number of benzene rings is 1. The van der Waals surface area contributed by atoms with Crippen molar-refractivity contribution < 1.29 is 22.4 Å². The monoisotopic (exact) mass is 326 g/mol. The maximum absolute atomic E-state index is 12.4. The Hall–Kier alpha value is -2.06. The molecule has 2 rings (SSSR count). The zero-order chi connectivity index (χ0) is 16.3. The SMILES string of the molecule is COc1ccc(CNS(=O)(=O)c2c(C)noc2C)c(OC)c1. The standard InChI is InChI=1S/C14H18N2O5S/c1-9-14(10(2)21-16-9)22(17,18)15-8-11-5-6-12(19-3)7-13(11)20-4/h5-7,15H,8H2,1-4H3. The zero-order valence-corrected chi connectivity index (χ0v) is 13.7. The third-order valence-corrected chi connectivity index (χ3v) is 4.83. The molecule has 0 atom stereocenters. The number of aromatic nitrogens is 1. The molecule has 0 aliphatic rings. The van der Waals surface area contributed by atoms with Crippen molar-refractivity contribution in [2.75, 3.05) is 14.2 Å². The van der Waals surface area contributed by atoms with Gasteiger partial charge in [-0.1, -0.05) is 11.2 Å². The average Bonchev–Trinajstić information content (AvgIpc) is 2.84. The van der Waals surface area contributed by atoms with E-state index < -0.39 is 10.0 Å². The summed E-state index contributed by atoms with van der Waals surface area (Å²) >= 11 is 0. The van der Waals surface area contributed by atoms with E-state index in [1.54, 1.807) is 39.2 Å². The van der Waals surface area contributed by atoms with E-state index in [1.165, 1.54) is 7.11 Å². The maximum atomic E-state index is 12.4. The van der Waals surface area contributed by atoms with E-state index in [0.717, 1.165) is 0 Å². The largest absolute Gasteiger partial charge is 0.497 e. The predicted octanol–water partition coefficient (Wildman–Crippen LogP) is 1.79. The van der Waals surface area contributed by atoms with E-state index in [1.807, 2.05) is 0 Å². The predicted molar refractivity (Wildman–Crippen MR) is 79.5 cm³/mol. The summed E-state index contributed by atoms with van der Waals surface area (Å²) in [5.41, 5.74) is 1.02. The van der Waals surface area contributed by atoms with Crippen LogP contribution in [0.25, 0.3) is 0 Å². The van der Waals surface area contributed by atoms with Gasteiger partial charge in [-0.25, -0.2) is 13.1 Å². The molecule has 1 heterocycles. The first kappa shape index (κ1) is 16.3. The summed E-state index contributed by atoms with van der Waals surface area (Å²) in [6, 6.07) is 5.18. The molecule has 1 aromatic carbocycles. The van der Waals surface area contributed by atoms with Crippen molar-refractivity contribution in [2.45, 2.75) is 25.3 Å². The van der Waals surface area contributed by atoms with Crippen LogP contribution in [0.3, 0.4) is 0 Å². The Labute approximate surface area is 129 Å². The zero-order valence-electron chi connectivity index (χ0n) is 12.8.